The third kappa shape index (κ3) is 4.23. The molecular weight excluding hydrogens is 330 g/mol. The zero-order chi connectivity index (χ0) is 17.6. The van der Waals surface area contributed by atoms with E-state index in [1.54, 1.807) is 0 Å². The van der Waals surface area contributed by atoms with Crippen molar-refractivity contribution in [2.75, 3.05) is 0 Å². The first kappa shape index (κ1) is 17.5. The molecule has 0 aliphatic carbocycles. The highest BCUT2D eigenvalue weighted by atomic mass is 32.2. The number of nitrogens with one attached hydrogen (secondary N) is 1. The molecule has 2 aromatic heterocycles. The summed E-state index contributed by atoms with van der Waals surface area (Å²) in [6, 6.07) is 16.2. The van der Waals surface area contributed by atoms with Gasteiger partial charge in [-0.1, -0.05) is 61.5 Å². The monoisotopic (exact) mass is 353 g/mol. The van der Waals surface area contributed by atoms with Crippen molar-refractivity contribution in [1.29, 1.82) is 0 Å². The van der Waals surface area contributed by atoms with Gasteiger partial charge >= 0.3 is 0 Å². The Hall–Kier alpha value is -2.27. The number of rotatable bonds is 7. The second-order valence-electron chi connectivity index (χ2n) is 6.06. The third-order valence-corrected chi connectivity index (χ3v) is 5.23. The maximum atomic E-state index is 12.7. The fourth-order valence-electron chi connectivity index (χ4n) is 2.80. The van der Waals surface area contributed by atoms with Crippen LogP contribution in [0.5, 0.6) is 0 Å². The van der Waals surface area contributed by atoms with E-state index in [-0.39, 0.29) is 17.2 Å². The molecule has 1 amide bonds. The van der Waals surface area contributed by atoms with Crippen molar-refractivity contribution >= 4 is 23.2 Å². The van der Waals surface area contributed by atoms with Gasteiger partial charge in [-0.05, 0) is 31.0 Å². The molecule has 0 unspecified atom stereocenters. The molecular formula is C20H23N3OS. The molecule has 1 N–H and O–H groups in total. The summed E-state index contributed by atoms with van der Waals surface area (Å²) in [5.41, 5.74) is 2.19. The highest BCUT2D eigenvalue weighted by Crippen LogP contribution is 2.25. The van der Waals surface area contributed by atoms with Crippen molar-refractivity contribution < 1.29 is 4.79 Å². The normalized spacial score (nSPS) is 13.5. The van der Waals surface area contributed by atoms with Gasteiger partial charge in [-0.25, -0.2) is 4.98 Å². The Balaban J connectivity index is 1.69. The molecule has 0 saturated carbocycles. The van der Waals surface area contributed by atoms with Gasteiger partial charge in [0.05, 0.1) is 23.0 Å². The Morgan fingerprint density at radius 2 is 1.96 bits per heavy atom. The summed E-state index contributed by atoms with van der Waals surface area (Å²) in [6.07, 6.45) is 5.75. The van der Waals surface area contributed by atoms with Crippen LogP contribution in [0.15, 0.2) is 66.1 Å². The average molecular weight is 353 g/mol. The van der Waals surface area contributed by atoms with E-state index < -0.39 is 0 Å². The van der Waals surface area contributed by atoms with Gasteiger partial charge in [-0.15, -0.1) is 0 Å². The fraction of sp³-hybridized carbons (Fsp3) is 0.300. The number of imidazole rings is 1. The Kier molecular flexibility index (Phi) is 5.76. The van der Waals surface area contributed by atoms with Crippen LogP contribution in [0.1, 0.15) is 38.3 Å². The van der Waals surface area contributed by atoms with Crippen LogP contribution >= 0.6 is 11.8 Å². The van der Waals surface area contributed by atoms with E-state index in [1.807, 2.05) is 60.1 Å². The molecule has 3 aromatic rings. The van der Waals surface area contributed by atoms with Crippen LogP contribution in [0, 0.1) is 0 Å². The van der Waals surface area contributed by atoms with Gasteiger partial charge in [0.25, 0.3) is 0 Å². The van der Waals surface area contributed by atoms with Crippen LogP contribution in [0.2, 0.25) is 0 Å². The number of carbonyl (C=O) groups is 1. The fourth-order valence-corrected chi connectivity index (χ4v) is 3.69. The third-order valence-electron chi connectivity index (χ3n) is 4.15. The molecule has 0 fully saturated rings. The second-order valence-corrected chi connectivity index (χ2v) is 7.36. The van der Waals surface area contributed by atoms with Gasteiger partial charge < -0.3 is 5.32 Å². The average Bonchev–Trinajstić information content (AvgIpc) is 3.05. The highest BCUT2D eigenvalue weighted by molar-refractivity contribution is 8.00. The first-order valence-electron chi connectivity index (χ1n) is 8.63. The quantitative estimate of drug-likeness (QED) is 0.637. The summed E-state index contributed by atoms with van der Waals surface area (Å²) in [5.74, 6) is 0.0417. The summed E-state index contributed by atoms with van der Waals surface area (Å²) in [6.45, 7) is 4.06. The number of fused-ring (bicyclic) bond motifs is 1. The van der Waals surface area contributed by atoms with Crippen LogP contribution in [0.3, 0.4) is 0 Å². The molecule has 0 bridgehead atoms. The Morgan fingerprint density at radius 1 is 1.20 bits per heavy atom. The number of carbonyl (C=O) groups excluding carboxylic acids is 1. The summed E-state index contributed by atoms with van der Waals surface area (Å²) in [4.78, 5) is 17.1. The van der Waals surface area contributed by atoms with Crippen LogP contribution in [-0.2, 0) is 4.79 Å². The molecule has 0 saturated heterocycles. The zero-order valence-corrected chi connectivity index (χ0v) is 15.4. The lowest BCUT2D eigenvalue weighted by atomic mass is 10.0. The van der Waals surface area contributed by atoms with Gasteiger partial charge in [0.2, 0.25) is 5.91 Å². The maximum Gasteiger partial charge on any atom is 0.233 e. The van der Waals surface area contributed by atoms with Crippen molar-refractivity contribution in [1.82, 2.24) is 14.7 Å². The summed E-state index contributed by atoms with van der Waals surface area (Å²) >= 11 is 1.48. The van der Waals surface area contributed by atoms with Crippen LogP contribution in [-0.4, -0.2) is 20.5 Å². The van der Waals surface area contributed by atoms with E-state index in [9.17, 15) is 4.79 Å². The van der Waals surface area contributed by atoms with Crippen molar-refractivity contribution in [3.05, 3.63) is 66.5 Å². The Labute approximate surface area is 152 Å². The van der Waals surface area contributed by atoms with Crippen molar-refractivity contribution in [2.45, 2.75) is 43.1 Å². The van der Waals surface area contributed by atoms with Gasteiger partial charge in [-0.2, -0.15) is 0 Å². The number of thioether (sulfide) groups is 1. The number of benzene rings is 1. The molecule has 0 radical (unpaired) electrons. The molecule has 0 spiro atoms. The molecule has 3 rings (SSSR count). The molecule has 25 heavy (non-hydrogen) atoms. The SMILES string of the molecule is CCC[C@@H](NC(=O)[C@@H](C)Sc1ncc2ccccn12)c1ccccc1. The number of hydrogen-bond acceptors (Lipinski definition) is 3. The van der Waals surface area contributed by atoms with E-state index in [0.717, 1.165) is 29.1 Å². The molecule has 1 aromatic carbocycles. The zero-order valence-electron chi connectivity index (χ0n) is 14.6. The summed E-state index contributed by atoms with van der Waals surface area (Å²) in [5, 5.41) is 3.82. The standard InChI is InChI=1S/C20H23N3OS/c1-3-9-18(16-10-5-4-6-11-16)22-19(24)15(2)25-20-21-14-17-12-7-8-13-23(17)20/h4-8,10-15,18H,3,9H2,1-2H3,(H,22,24)/t15-,18-/m1/s1. The van der Waals surface area contributed by atoms with Gasteiger partial charge in [0.1, 0.15) is 0 Å². The minimum Gasteiger partial charge on any atom is -0.348 e. The van der Waals surface area contributed by atoms with Crippen molar-refractivity contribution in [3.8, 4) is 0 Å². The molecule has 130 valence electrons. The van der Waals surface area contributed by atoms with Gasteiger partial charge in [-0.3, -0.25) is 9.20 Å². The van der Waals surface area contributed by atoms with E-state index in [4.69, 9.17) is 0 Å². The number of aromatic nitrogens is 2. The lowest BCUT2D eigenvalue weighted by Gasteiger charge is -2.20. The molecule has 5 heteroatoms. The molecule has 0 aliphatic rings. The maximum absolute atomic E-state index is 12.7. The van der Waals surface area contributed by atoms with Gasteiger partial charge in [0.15, 0.2) is 5.16 Å². The van der Waals surface area contributed by atoms with E-state index in [0.29, 0.717) is 0 Å². The van der Waals surface area contributed by atoms with Crippen molar-refractivity contribution in [3.63, 3.8) is 0 Å². The largest absolute Gasteiger partial charge is 0.348 e. The topological polar surface area (TPSA) is 46.4 Å². The molecule has 0 aliphatic heterocycles. The minimum atomic E-state index is -0.214. The van der Waals surface area contributed by atoms with E-state index in [1.165, 1.54) is 11.8 Å². The van der Waals surface area contributed by atoms with Crippen LogP contribution in [0.4, 0.5) is 0 Å². The molecule has 2 heterocycles. The lowest BCUT2D eigenvalue weighted by Crippen LogP contribution is -2.34. The second kappa shape index (κ2) is 8.21. The predicted octanol–water partition coefficient (Wildman–Crippen LogP) is 4.47. The van der Waals surface area contributed by atoms with Crippen molar-refractivity contribution in [2.24, 2.45) is 0 Å². The predicted molar refractivity (Wildman–Crippen MR) is 103 cm³/mol. The Bertz CT molecular complexity index is 831. The number of pyridine rings is 1. The number of nitrogens with zero attached hydrogens (tertiary/aromatic N) is 2. The minimum absolute atomic E-state index is 0.0417. The molecule has 4 nitrogen and oxygen atoms in total. The number of hydrogen-bond donors (Lipinski definition) is 1. The highest BCUT2D eigenvalue weighted by Gasteiger charge is 2.21. The number of amides is 1. The smallest absolute Gasteiger partial charge is 0.233 e. The van der Waals surface area contributed by atoms with E-state index >= 15 is 0 Å². The summed E-state index contributed by atoms with van der Waals surface area (Å²) in [7, 11) is 0. The first-order chi connectivity index (χ1) is 12.2. The van der Waals surface area contributed by atoms with Gasteiger partial charge in [0, 0.05) is 6.20 Å². The van der Waals surface area contributed by atoms with E-state index in [2.05, 4.69) is 29.4 Å². The molecule has 2 atom stereocenters. The first-order valence-corrected chi connectivity index (χ1v) is 9.51. The lowest BCUT2D eigenvalue weighted by molar-refractivity contribution is -0.121. The van der Waals surface area contributed by atoms with Crippen LogP contribution < -0.4 is 5.32 Å². The summed E-state index contributed by atoms with van der Waals surface area (Å²) < 4.78 is 2.01. The Morgan fingerprint density at radius 3 is 2.72 bits per heavy atom. The van der Waals surface area contributed by atoms with Crippen LogP contribution in [0.25, 0.3) is 5.52 Å².